The van der Waals surface area contributed by atoms with Gasteiger partial charge in [0.15, 0.2) is 17.1 Å². The summed E-state index contributed by atoms with van der Waals surface area (Å²) in [6.07, 6.45) is 0. The summed E-state index contributed by atoms with van der Waals surface area (Å²) in [5.41, 5.74) is -0.873. The van der Waals surface area contributed by atoms with Gasteiger partial charge in [0.05, 0.1) is 34.0 Å². The third-order valence-corrected chi connectivity index (χ3v) is 3.07. The highest BCUT2D eigenvalue weighted by Crippen LogP contribution is 2.45. The Bertz CT molecular complexity index is 824. The van der Waals surface area contributed by atoms with Crippen LogP contribution in [-0.4, -0.2) is 34.4 Å². The van der Waals surface area contributed by atoms with Crippen LogP contribution in [0.15, 0.2) is 17.3 Å². The number of rotatable bonds is 6. The molecule has 0 aliphatic heterocycles. The SMILES string of the molecule is COC(=O)c1cc(OC)c(OC)c(OC)c1NC(C#N)=C(C#N)C#N. The van der Waals surface area contributed by atoms with Gasteiger partial charge in [-0.3, -0.25) is 0 Å². The summed E-state index contributed by atoms with van der Waals surface area (Å²) >= 11 is 0. The highest BCUT2D eigenvalue weighted by atomic mass is 16.5. The fourth-order valence-corrected chi connectivity index (χ4v) is 1.96. The van der Waals surface area contributed by atoms with Gasteiger partial charge in [0.1, 0.15) is 29.6 Å². The van der Waals surface area contributed by atoms with Gasteiger partial charge >= 0.3 is 5.97 Å². The first kappa shape index (κ1) is 19.1. The number of nitrogens with zero attached hydrogens (tertiary/aromatic N) is 3. The normalized spacial score (nSPS) is 8.84. The molecule has 0 aliphatic carbocycles. The third-order valence-electron chi connectivity index (χ3n) is 3.07. The summed E-state index contributed by atoms with van der Waals surface area (Å²) in [4.78, 5) is 12.1. The minimum absolute atomic E-state index is 0.00782. The molecule has 9 nitrogen and oxygen atoms in total. The van der Waals surface area contributed by atoms with E-state index in [0.29, 0.717) is 0 Å². The van der Waals surface area contributed by atoms with E-state index in [1.165, 1.54) is 34.5 Å². The molecule has 0 saturated carbocycles. The standard InChI is InChI=1S/C16H14N4O5/c1-22-12-5-10(16(21)25-4)13(15(24-3)14(12)23-2)20-11(8-19)9(6-17)7-18/h5,20H,1-4H3. The van der Waals surface area contributed by atoms with Gasteiger partial charge in [-0.25, -0.2) is 4.79 Å². The lowest BCUT2D eigenvalue weighted by molar-refractivity contribution is 0.0601. The van der Waals surface area contributed by atoms with Crippen LogP contribution in [-0.2, 0) is 4.74 Å². The number of hydrogen-bond donors (Lipinski definition) is 1. The van der Waals surface area contributed by atoms with Gasteiger partial charge in [-0.2, -0.15) is 15.8 Å². The number of anilines is 1. The maximum atomic E-state index is 12.1. The van der Waals surface area contributed by atoms with Crippen LogP contribution in [0.5, 0.6) is 17.2 Å². The van der Waals surface area contributed by atoms with Gasteiger partial charge in [0, 0.05) is 6.07 Å². The smallest absolute Gasteiger partial charge is 0.340 e. The lowest BCUT2D eigenvalue weighted by Gasteiger charge is -2.19. The number of carbonyl (C=O) groups excluding carboxylic acids is 1. The zero-order valence-corrected chi connectivity index (χ0v) is 14.0. The van der Waals surface area contributed by atoms with E-state index in [0.717, 1.165) is 0 Å². The first-order valence-corrected chi connectivity index (χ1v) is 6.65. The molecule has 0 aliphatic rings. The van der Waals surface area contributed by atoms with E-state index < -0.39 is 11.5 Å². The lowest BCUT2D eigenvalue weighted by atomic mass is 10.1. The predicted molar refractivity (Wildman–Crippen MR) is 84.9 cm³/mol. The van der Waals surface area contributed by atoms with Crippen LogP contribution in [0.2, 0.25) is 0 Å². The first-order valence-electron chi connectivity index (χ1n) is 6.65. The van der Waals surface area contributed by atoms with E-state index in [9.17, 15) is 10.1 Å². The Hall–Kier alpha value is -3.90. The average Bonchev–Trinajstić information content (AvgIpc) is 2.65. The van der Waals surface area contributed by atoms with Crippen molar-refractivity contribution in [3.63, 3.8) is 0 Å². The Morgan fingerprint density at radius 2 is 1.56 bits per heavy atom. The second-order valence-electron chi connectivity index (χ2n) is 4.27. The second-order valence-corrected chi connectivity index (χ2v) is 4.27. The van der Waals surface area contributed by atoms with E-state index in [1.807, 2.05) is 0 Å². The van der Waals surface area contributed by atoms with Crippen molar-refractivity contribution >= 4 is 11.7 Å². The molecule has 128 valence electrons. The number of nitrogens with one attached hydrogen (secondary N) is 1. The van der Waals surface area contributed by atoms with E-state index in [2.05, 4.69) is 5.32 Å². The maximum absolute atomic E-state index is 12.1. The Morgan fingerprint density at radius 3 is 1.96 bits per heavy atom. The topological polar surface area (TPSA) is 137 Å². The number of hydrogen-bond acceptors (Lipinski definition) is 9. The van der Waals surface area contributed by atoms with Crippen molar-refractivity contribution in [1.82, 2.24) is 0 Å². The highest BCUT2D eigenvalue weighted by molar-refractivity contribution is 5.99. The molecule has 9 heteroatoms. The fraction of sp³-hybridized carbons (Fsp3) is 0.250. The molecule has 0 fully saturated rings. The summed E-state index contributed by atoms with van der Waals surface area (Å²) in [6.45, 7) is 0. The number of benzene rings is 1. The van der Waals surface area contributed by atoms with Crippen molar-refractivity contribution in [2.75, 3.05) is 33.8 Å². The Labute approximate surface area is 144 Å². The minimum Gasteiger partial charge on any atom is -0.493 e. The Kier molecular flexibility index (Phi) is 6.63. The van der Waals surface area contributed by atoms with Gasteiger partial charge in [-0.05, 0) is 0 Å². The van der Waals surface area contributed by atoms with Crippen LogP contribution in [0, 0.1) is 34.0 Å². The number of nitriles is 3. The van der Waals surface area contributed by atoms with Crippen molar-refractivity contribution in [2.24, 2.45) is 0 Å². The summed E-state index contributed by atoms with van der Waals surface area (Å²) in [5.74, 6) is -0.388. The molecule has 0 atom stereocenters. The summed E-state index contributed by atoms with van der Waals surface area (Å²) in [7, 11) is 5.22. The van der Waals surface area contributed by atoms with Gasteiger partial charge in [-0.1, -0.05) is 0 Å². The number of methoxy groups -OCH3 is 4. The van der Waals surface area contributed by atoms with E-state index in [1.54, 1.807) is 18.2 Å². The quantitative estimate of drug-likeness (QED) is 0.605. The minimum atomic E-state index is -0.755. The summed E-state index contributed by atoms with van der Waals surface area (Å²) < 4.78 is 20.4. The van der Waals surface area contributed by atoms with E-state index in [4.69, 9.17) is 29.5 Å². The Morgan fingerprint density at radius 1 is 0.960 bits per heavy atom. The molecule has 1 rings (SSSR count). The monoisotopic (exact) mass is 342 g/mol. The molecule has 0 amide bonds. The van der Waals surface area contributed by atoms with Crippen molar-refractivity contribution in [1.29, 1.82) is 15.8 Å². The molecule has 0 heterocycles. The van der Waals surface area contributed by atoms with Crippen molar-refractivity contribution in [2.45, 2.75) is 0 Å². The molecule has 0 saturated heterocycles. The largest absolute Gasteiger partial charge is 0.493 e. The van der Waals surface area contributed by atoms with Crippen molar-refractivity contribution < 1.29 is 23.7 Å². The van der Waals surface area contributed by atoms with Crippen LogP contribution in [0.1, 0.15) is 10.4 Å². The zero-order chi connectivity index (χ0) is 19.0. The molecule has 0 bridgehead atoms. The summed E-state index contributed by atoms with van der Waals surface area (Å²) in [6, 6.07) is 6.21. The molecule has 1 aromatic rings. The first-order chi connectivity index (χ1) is 12.0. The molecule has 0 aromatic heterocycles. The average molecular weight is 342 g/mol. The number of esters is 1. The molecular weight excluding hydrogens is 328 g/mol. The molecule has 0 unspecified atom stereocenters. The predicted octanol–water partition coefficient (Wildman–Crippen LogP) is 1.74. The van der Waals surface area contributed by atoms with Crippen molar-refractivity contribution in [3.8, 4) is 35.5 Å². The molecule has 0 spiro atoms. The molecule has 25 heavy (non-hydrogen) atoms. The van der Waals surface area contributed by atoms with Crippen LogP contribution in [0.25, 0.3) is 0 Å². The molecule has 0 radical (unpaired) electrons. The maximum Gasteiger partial charge on any atom is 0.340 e. The van der Waals surface area contributed by atoms with Gasteiger partial charge in [-0.15, -0.1) is 0 Å². The van der Waals surface area contributed by atoms with Crippen LogP contribution < -0.4 is 19.5 Å². The van der Waals surface area contributed by atoms with Crippen LogP contribution >= 0.6 is 0 Å². The number of ether oxygens (including phenoxy) is 4. The van der Waals surface area contributed by atoms with Crippen LogP contribution in [0.3, 0.4) is 0 Å². The van der Waals surface area contributed by atoms with Gasteiger partial charge < -0.3 is 24.3 Å². The van der Waals surface area contributed by atoms with E-state index in [-0.39, 0.29) is 34.2 Å². The van der Waals surface area contributed by atoms with Crippen molar-refractivity contribution in [3.05, 3.63) is 22.9 Å². The Balaban J connectivity index is 3.81. The molecule has 1 aromatic carbocycles. The third kappa shape index (κ3) is 3.72. The summed E-state index contributed by atoms with van der Waals surface area (Å²) in [5, 5.41) is 29.7. The zero-order valence-electron chi connectivity index (χ0n) is 14.0. The second kappa shape index (κ2) is 8.66. The lowest BCUT2D eigenvalue weighted by Crippen LogP contribution is -2.12. The van der Waals surface area contributed by atoms with Gasteiger partial charge in [0.2, 0.25) is 5.75 Å². The number of carbonyl (C=O) groups is 1. The fourth-order valence-electron chi connectivity index (χ4n) is 1.96. The highest BCUT2D eigenvalue weighted by Gasteiger charge is 2.26. The molecule has 1 N–H and O–H groups in total. The number of allylic oxidation sites excluding steroid dienone is 2. The van der Waals surface area contributed by atoms with E-state index >= 15 is 0 Å². The molecular formula is C16H14N4O5. The van der Waals surface area contributed by atoms with Crippen LogP contribution in [0.4, 0.5) is 5.69 Å². The van der Waals surface area contributed by atoms with Gasteiger partial charge in [0.25, 0.3) is 0 Å².